The third kappa shape index (κ3) is 4.87. The molecule has 1 aliphatic carbocycles. The van der Waals surface area contributed by atoms with Crippen LogP contribution in [0.15, 0.2) is 65.3 Å². The van der Waals surface area contributed by atoms with Gasteiger partial charge in [-0.2, -0.15) is 4.98 Å². The molecule has 5 heteroatoms. The molecular weight excluding hydrogens is 400 g/mol. The quantitative estimate of drug-likeness (QED) is 0.363. The fraction of sp³-hybridized carbons (Fsp3) is 0.407. The van der Waals surface area contributed by atoms with Crippen molar-refractivity contribution in [2.45, 2.75) is 47.6 Å². The summed E-state index contributed by atoms with van der Waals surface area (Å²) < 4.78 is 12.8. The summed E-state index contributed by atoms with van der Waals surface area (Å²) >= 11 is 0. The number of hydrogen-bond donors (Lipinski definition) is 0. The van der Waals surface area contributed by atoms with Crippen molar-refractivity contribution < 1.29 is 14.3 Å². The first-order valence-electron chi connectivity index (χ1n) is 11.3. The van der Waals surface area contributed by atoms with Crippen molar-refractivity contribution in [3.63, 3.8) is 0 Å². The molecule has 0 N–H and O–H groups in total. The van der Waals surface area contributed by atoms with Crippen molar-refractivity contribution >= 4 is 17.0 Å². The molecule has 2 atom stereocenters. The molecule has 1 aromatic heterocycles. The number of ether oxygens (including phenoxy) is 2. The van der Waals surface area contributed by atoms with E-state index in [0.717, 1.165) is 17.5 Å². The number of benzene rings is 1. The third-order valence-corrected chi connectivity index (χ3v) is 6.19. The van der Waals surface area contributed by atoms with Gasteiger partial charge in [-0.1, -0.05) is 55.9 Å². The Morgan fingerprint density at radius 1 is 1.38 bits per heavy atom. The molecule has 0 radical (unpaired) electrons. The highest BCUT2D eigenvalue weighted by Crippen LogP contribution is 2.30. The highest BCUT2D eigenvalue weighted by molar-refractivity contribution is 6.02. The standard InChI is InChI=1S/C27H34N2O3/c1-7-21(16-15-19(4)22-12-9-11-18(3)20(22)5)17-29-25-23(26(30)31-6)13-10-14-24(25)28-27(29)32-8-2/h7,9-10,12-16,18-19H,8,11,17H2,1-6H3/b16-15-,21-7+. The summed E-state index contributed by atoms with van der Waals surface area (Å²) in [4.78, 5) is 17.0. The number of esters is 1. The number of methoxy groups -OCH3 is 1. The maximum atomic E-state index is 12.4. The molecule has 2 aromatic rings. The molecule has 0 amide bonds. The molecule has 2 unspecified atom stereocenters. The Morgan fingerprint density at radius 3 is 2.84 bits per heavy atom. The van der Waals surface area contributed by atoms with Gasteiger partial charge in [-0.3, -0.25) is 4.57 Å². The fourth-order valence-electron chi connectivity index (χ4n) is 4.12. The number of hydrogen-bond acceptors (Lipinski definition) is 4. The summed E-state index contributed by atoms with van der Waals surface area (Å²) in [5.74, 6) is 0.530. The number of carbonyl (C=O) groups excluding carboxylic acids is 1. The van der Waals surface area contributed by atoms with Gasteiger partial charge in [0.1, 0.15) is 0 Å². The molecule has 0 saturated heterocycles. The number of nitrogens with zero attached hydrogens (tertiary/aromatic N) is 2. The van der Waals surface area contributed by atoms with Gasteiger partial charge in [0, 0.05) is 0 Å². The predicted octanol–water partition coefficient (Wildman–Crippen LogP) is 6.27. The molecule has 1 heterocycles. The van der Waals surface area contributed by atoms with Crippen LogP contribution in [-0.4, -0.2) is 29.2 Å². The van der Waals surface area contributed by atoms with Gasteiger partial charge in [0.15, 0.2) is 0 Å². The van der Waals surface area contributed by atoms with Gasteiger partial charge in [-0.15, -0.1) is 0 Å². The molecule has 0 spiro atoms. The summed E-state index contributed by atoms with van der Waals surface area (Å²) in [5, 5.41) is 0. The lowest BCUT2D eigenvalue weighted by Gasteiger charge is -2.22. The second kappa shape index (κ2) is 10.5. The molecule has 5 nitrogen and oxygen atoms in total. The minimum atomic E-state index is -0.383. The van der Waals surface area contributed by atoms with E-state index in [1.54, 1.807) is 6.07 Å². The number of rotatable bonds is 8. The van der Waals surface area contributed by atoms with E-state index < -0.39 is 0 Å². The molecule has 32 heavy (non-hydrogen) atoms. The van der Waals surface area contributed by atoms with Gasteiger partial charge in [0.25, 0.3) is 6.01 Å². The first kappa shape index (κ1) is 23.6. The van der Waals surface area contributed by atoms with Crippen molar-refractivity contribution in [2.24, 2.45) is 11.8 Å². The monoisotopic (exact) mass is 434 g/mol. The van der Waals surface area contributed by atoms with Gasteiger partial charge in [0.05, 0.1) is 36.9 Å². The minimum absolute atomic E-state index is 0.320. The smallest absolute Gasteiger partial charge is 0.340 e. The zero-order chi connectivity index (χ0) is 23.3. The number of imidazole rings is 1. The number of carbonyl (C=O) groups is 1. The van der Waals surface area contributed by atoms with Gasteiger partial charge in [-0.05, 0) is 62.3 Å². The van der Waals surface area contributed by atoms with Crippen LogP contribution >= 0.6 is 0 Å². The predicted molar refractivity (Wildman–Crippen MR) is 130 cm³/mol. The Bertz CT molecular complexity index is 1100. The first-order valence-corrected chi connectivity index (χ1v) is 11.3. The highest BCUT2D eigenvalue weighted by Gasteiger charge is 2.20. The Kier molecular flexibility index (Phi) is 7.73. The van der Waals surface area contributed by atoms with E-state index in [1.807, 2.05) is 30.5 Å². The maximum Gasteiger partial charge on any atom is 0.340 e. The molecule has 1 aromatic carbocycles. The van der Waals surface area contributed by atoms with Gasteiger partial charge >= 0.3 is 5.97 Å². The largest absolute Gasteiger partial charge is 0.465 e. The lowest BCUT2D eigenvalue weighted by atomic mass is 9.84. The van der Waals surface area contributed by atoms with Crippen LogP contribution < -0.4 is 4.74 Å². The van der Waals surface area contributed by atoms with Crippen LogP contribution in [0.3, 0.4) is 0 Å². The molecule has 0 bridgehead atoms. The van der Waals surface area contributed by atoms with Crippen LogP contribution in [-0.2, 0) is 11.3 Å². The topological polar surface area (TPSA) is 53.4 Å². The maximum absolute atomic E-state index is 12.4. The molecule has 1 aliphatic rings. The zero-order valence-electron chi connectivity index (χ0n) is 20.0. The molecule has 3 rings (SSSR count). The Labute approximate surface area is 191 Å². The van der Waals surface area contributed by atoms with Gasteiger partial charge in [-0.25, -0.2) is 4.79 Å². The Morgan fingerprint density at radius 2 is 2.16 bits per heavy atom. The van der Waals surface area contributed by atoms with E-state index >= 15 is 0 Å². The average Bonchev–Trinajstić information content (AvgIpc) is 3.14. The van der Waals surface area contributed by atoms with Crippen LogP contribution in [0.4, 0.5) is 0 Å². The second-order valence-electron chi connectivity index (χ2n) is 8.27. The van der Waals surface area contributed by atoms with Crippen molar-refractivity contribution in [2.75, 3.05) is 13.7 Å². The van der Waals surface area contributed by atoms with Crippen molar-refractivity contribution in [3.05, 3.63) is 70.9 Å². The molecule has 0 fully saturated rings. The van der Waals surface area contributed by atoms with E-state index in [4.69, 9.17) is 9.47 Å². The summed E-state index contributed by atoms with van der Waals surface area (Å²) in [6.07, 6.45) is 12.2. The Balaban J connectivity index is 1.95. The van der Waals surface area contributed by atoms with Crippen LogP contribution in [0.1, 0.15) is 51.4 Å². The minimum Gasteiger partial charge on any atom is -0.465 e. The summed E-state index contributed by atoms with van der Waals surface area (Å²) in [5.41, 5.74) is 5.90. The van der Waals surface area contributed by atoms with Crippen LogP contribution in [0.25, 0.3) is 11.0 Å². The van der Waals surface area contributed by atoms with Crippen molar-refractivity contribution in [1.82, 2.24) is 9.55 Å². The van der Waals surface area contributed by atoms with Crippen LogP contribution in [0.5, 0.6) is 6.01 Å². The van der Waals surface area contributed by atoms with E-state index in [0.29, 0.717) is 42.1 Å². The molecular formula is C27H34N2O3. The van der Waals surface area contributed by atoms with Crippen molar-refractivity contribution in [1.29, 1.82) is 0 Å². The number of aromatic nitrogens is 2. The summed E-state index contributed by atoms with van der Waals surface area (Å²) in [6.45, 7) is 11.8. The zero-order valence-corrected chi connectivity index (χ0v) is 20.0. The number of fused-ring (bicyclic) bond motifs is 1. The second-order valence-corrected chi connectivity index (χ2v) is 8.27. The van der Waals surface area contributed by atoms with Crippen LogP contribution in [0, 0.1) is 11.8 Å². The third-order valence-electron chi connectivity index (χ3n) is 6.19. The van der Waals surface area contributed by atoms with Crippen LogP contribution in [0.2, 0.25) is 0 Å². The Hall–Kier alpha value is -3.08. The van der Waals surface area contributed by atoms with E-state index in [2.05, 4.69) is 56.1 Å². The van der Waals surface area contributed by atoms with E-state index in [-0.39, 0.29) is 5.97 Å². The van der Waals surface area contributed by atoms with Crippen molar-refractivity contribution in [3.8, 4) is 6.01 Å². The molecule has 0 saturated carbocycles. The van der Waals surface area contributed by atoms with Gasteiger partial charge < -0.3 is 9.47 Å². The average molecular weight is 435 g/mol. The molecule has 170 valence electrons. The van der Waals surface area contributed by atoms with E-state index in [9.17, 15) is 4.79 Å². The fourth-order valence-corrected chi connectivity index (χ4v) is 4.12. The summed E-state index contributed by atoms with van der Waals surface area (Å²) in [7, 11) is 1.39. The van der Waals surface area contributed by atoms with E-state index in [1.165, 1.54) is 18.3 Å². The molecule has 0 aliphatic heterocycles. The highest BCUT2D eigenvalue weighted by atomic mass is 16.5. The normalized spacial score (nSPS) is 17.9. The number of para-hydroxylation sites is 1. The summed E-state index contributed by atoms with van der Waals surface area (Å²) in [6, 6.07) is 5.97. The SMILES string of the molecule is C/C=C(\C=C/C(C)C1=C(C)C(C)CC=C1)Cn1c(OCC)nc2cccc(C(=O)OC)c21. The number of allylic oxidation sites excluding steroid dienone is 8. The lowest BCUT2D eigenvalue weighted by molar-refractivity contribution is 0.0602. The van der Waals surface area contributed by atoms with Gasteiger partial charge in [0.2, 0.25) is 0 Å². The first-order chi connectivity index (χ1) is 15.4. The lowest BCUT2D eigenvalue weighted by Crippen LogP contribution is -2.09.